The highest BCUT2D eigenvalue weighted by molar-refractivity contribution is 5.92. The minimum atomic E-state index is -0.657. The molecule has 2 aliphatic rings. The molecule has 2 aromatic carbocycles. The van der Waals surface area contributed by atoms with Crippen molar-refractivity contribution in [2.75, 3.05) is 25.5 Å². The lowest BCUT2D eigenvalue weighted by atomic mass is 9.66. The van der Waals surface area contributed by atoms with Crippen molar-refractivity contribution >= 4 is 11.6 Å². The van der Waals surface area contributed by atoms with Crippen LogP contribution in [0, 0.1) is 5.92 Å². The minimum Gasteiger partial charge on any atom is -0.496 e. The van der Waals surface area contributed by atoms with E-state index >= 15 is 0 Å². The van der Waals surface area contributed by atoms with Gasteiger partial charge in [0.1, 0.15) is 5.75 Å². The number of ether oxygens (including phenoxy) is 1. The van der Waals surface area contributed by atoms with E-state index in [0.717, 1.165) is 42.7 Å². The normalized spacial score (nSPS) is 27.1. The Morgan fingerprint density at radius 1 is 1.14 bits per heavy atom. The summed E-state index contributed by atoms with van der Waals surface area (Å²) in [6, 6.07) is 17.5. The Labute approximate surface area is 172 Å². The smallest absolute Gasteiger partial charge is 0.238 e. The molecule has 5 nitrogen and oxygen atoms in total. The van der Waals surface area contributed by atoms with E-state index in [4.69, 9.17) is 4.74 Å². The van der Waals surface area contributed by atoms with Crippen LogP contribution in [0.1, 0.15) is 43.7 Å². The van der Waals surface area contributed by atoms with Gasteiger partial charge in [0.15, 0.2) is 0 Å². The van der Waals surface area contributed by atoms with Crippen LogP contribution in [0.5, 0.6) is 5.75 Å². The number of benzene rings is 2. The molecule has 1 saturated carbocycles. The number of piperidine rings is 1. The van der Waals surface area contributed by atoms with Crippen molar-refractivity contribution < 1.29 is 14.6 Å². The quantitative estimate of drug-likeness (QED) is 0.805. The number of para-hydroxylation sites is 2. The Kier molecular flexibility index (Phi) is 5.88. The number of anilines is 1. The average molecular weight is 395 g/mol. The Morgan fingerprint density at radius 3 is 2.69 bits per heavy atom. The Hall–Kier alpha value is -2.37. The highest BCUT2D eigenvalue weighted by Crippen LogP contribution is 2.50. The van der Waals surface area contributed by atoms with Gasteiger partial charge in [-0.05, 0) is 37.5 Å². The second kappa shape index (κ2) is 8.56. The highest BCUT2D eigenvalue weighted by atomic mass is 16.5. The van der Waals surface area contributed by atoms with E-state index in [1.807, 2.05) is 48.5 Å². The molecule has 3 atom stereocenters. The van der Waals surface area contributed by atoms with Crippen LogP contribution in [-0.4, -0.2) is 41.7 Å². The van der Waals surface area contributed by atoms with Gasteiger partial charge in [-0.1, -0.05) is 49.2 Å². The van der Waals surface area contributed by atoms with Crippen LogP contribution in [0.25, 0.3) is 0 Å². The first-order valence-corrected chi connectivity index (χ1v) is 10.5. The second-order valence-electron chi connectivity index (χ2n) is 8.28. The number of hydrogen-bond donors (Lipinski definition) is 2. The molecule has 4 rings (SSSR count). The number of carbonyl (C=O) groups excluding carboxylic acids is 1. The lowest BCUT2D eigenvalue weighted by Gasteiger charge is -2.52. The summed E-state index contributed by atoms with van der Waals surface area (Å²) in [6.45, 7) is 0.988. The van der Waals surface area contributed by atoms with Gasteiger partial charge in [-0.15, -0.1) is 0 Å². The molecule has 2 aromatic rings. The topological polar surface area (TPSA) is 61.8 Å². The zero-order chi connectivity index (χ0) is 20.3. The van der Waals surface area contributed by atoms with Crippen LogP contribution in [0.4, 0.5) is 5.69 Å². The number of rotatable bonds is 5. The molecule has 0 radical (unpaired) electrons. The summed E-state index contributed by atoms with van der Waals surface area (Å²) in [4.78, 5) is 15.0. The summed E-state index contributed by atoms with van der Waals surface area (Å²) in [6.07, 6.45) is 4.70. The summed E-state index contributed by atoms with van der Waals surface area (Å²) in [5.41, 5.74) is 1.21. The van der Waals surface area contributed by atoms with Crippen LogP contribution >= 0.6 is 0 Å². The van der Waals surface area contributed by atoms with E-state index in [9.17, 15) is 9.90 Å². The van der Waals surface area contributed by atoms with Gasteiger partial charge in [0, 0.05) is 29.8 Å². The molecule has 1 heterocycles. The third-order valence-electron chi connectivity index (χ3n) is 6.53. The third kappa shape index (κ3) is 4.16. The van der Waals surface area contributed by atoms with Crippen LogP contribution in [-0.2, 0) is 4.79 Å². The van der Waals surface area contributed by atoms with Gasteiger partial charge in [0.25, 0.3) is 0 Å². The molecule has 1 amide bonds. The number of likely N-dealkylation sites (tertiary alicyclic amines) is 1. The van der Waals surface area contributed by atoms with Crippen molar-refractivity contribution in [1.82, 2.24) is 4.90 Å². The molecule has 5 heteroatoms. The zero-order valence-corrected chi connectivity index (χ0v) is 17.0. The maximum Gasteiger partial charge on any atom is 0.238 e. The van der Waals surface area contributed by atoms with E-state index in [0.29, 0.717) is 19.5 Å². The van der Waals surface area contributed by atoms with Crippen LogP contribution in [0.2, 0.25) is 0 Å². The maximum atomic E-state index is 12.8. The number of aliphatic hydroxyl groups is 1. The monoisotopic (exact) mass is 394 g/mol. The molecule has 2 N–H and O–H groups in total. The lowest BCUT2D eigenvalue weighted by molar-refractivity contribution is -0.135. The first kappa shape index (κ1) is 19.9. The van der Waals surface area contributed by atoms with Crippen molar-refractivity contribution in [1.29, 1.82) is 0 Å². The molecule has 2 fully saturated rings. The Morgan fingerprint density at radius 2 is 1.90 bits per heavy atom. The number of hydrogen-bond acceptors (Lipinski definition) is 4. The van der Waals surface area contributed by atoms with E-state index in [1.165, 1.54) is 0 Å². The molecule has 0 bridgehead atoms. The Balaban J connectivity index is 1.61. The van der Waals surface area contributed by atoms with Gasteiger partial charge in [0.2, 0.25) is 5.91 Å². The molecule has 1 aliphatic heterocycles. The summed E-state index contributed by atoms with van der Waals surface area (Å²) in [7, 11) is 1.68. The fraction of sp³-hybridized carbons (Fsp3) is 0.458. The van der Waals surface area contributed by atoms with E-state index < -0.39 is 5.60 Å². The molecule has 1 aliphatic carbocycles. The summed E-state index contributed by atoms with van der Waals surface area (Å²) in [5, 5.41) is 14.4. The minimum absolute atomic E-state index is 0.0302. The van der Waals surface area contributed by atoms with Gasteiger partial charge in [-0.3, -0.25) is 9.69 Å². The number of methoxy groups -OCH3 is 1. The predicted octanol–water partition coefficient (Wildman–Crippen LogP) is 4.00. The van der Waals surface area contributed by atoms with E-state index in [1.54, 1.807) is 7.11 Å². The molecular weight excluding hydrogens is 364 g/mol. The van der Waals surface area contributed by atoms with Gasteiger partial charge in [0.05, 0.1) is 19.3 Å². The molecule has 1 saturated heterocycles. The van der Waals surface area contributed by atoms with Gasteiger partial charge >= 0.3 is 0 Å². The summed E-state index contributed by atoms with van der Waals surface area (Å²) < 4.78 is 5.65. The largest absolute Gasteiger partial charge is 0.496 e. The molecular formula is C24H30N2O3. The number of nitrogens with one attached hydrogen (secondary N) is 1. The van der Waals surface area contributed by atoms with Gasteiger partial charge in [-0.25, -0.2) is 0 Å². The maximum absolute atomic E-state index is 12.8. The summed E-state index contributed by atoms with van der Waals surface area (Å²) in [5.74, 6) is 0.893. The van der Waals surface area contributed by atoms with E-state index in [2.05, 4.69) is 16.3 Å². The number of nitrogens with zero attached hydrogens (tertiary/aromatic N) is 1. The first-order chi connectivity index (χ1) is 14.1. The first-order valence-electron chi connectivity index (χ1n) is 10.5. The zero-order valence-electron chi connectivity index (χ0n) is 17.0. The molecule has 0 unspecified atom stereocenters. The van der Waals surface area contributed by atoms with Crippen LogP contribution in [0.3, 0.4) is 0 Å². The summed E-state index contributed by atoms with van der Waals surface area (Å²) >= 11 is 0. The Bertz CT molecular complexity index is 841. The van der Waals surface area contributed by atoms with Gasteiger partial charge in [-0.2, -0.15) is 0 Å². The standard InChI is InChI=1S/C24H30N2O3/c1-29-21-13-6-5-11-19(21)23-20-12-7-8-14-24(20,28)15-16-26(23)17-22(27)25-18-9-3-2-4-10-18/h2-6,9-11,13,20,23,28H,7-8,12,14-17H2,1H3,(H,25,27)/t20-,23+,24+/m0/s1. The number of carbonyl (C=O) groups is 1. The average Bonchev–Trinajstić information content (AvgIpc) is 2.74. The van der Waals surface area contributed by atoms with Crippen LogP contribution in [0.15, 0.2) is 54.6 Å². The molecule has 29 heavy (non-hydrogen) atoms. The van der Waals surface area contributed by atoms with Crippen LogP contribution < -0.4 is 10.1 Å². The SMILES string of the molecule is COc1ccccc1[C@@H]1[C@@H]2CCCC[C@@]2(O)CCN1CC(=O)Nc1ccccc1. The number of fused-ring (bicyclic) bond motifs is 1. The van der Waals surface area contributed by atoms with Crippen molar-refractivity contribution in [2.24, 2.45) is 5.92 Å². The van der Waals surface area contributed by atoms with Gasteiger partial charge < -0.3 is 15.2 Å². The fourth-order valence-electron chi connectivity index (χ4n) is 5.15. The lowest BCUT2D eigenvalue weighted by Crippen LogP contribution is -2.56. The molecule has 0 aromatic heterocycles. The highest BCUT2D eigenvalue weighted by Gasteiger charge is 2.49. The van der Waals surface area contributed by atoms with Crippen molar-refractivity contribution in [3.63, 3.8) is 0 Å². The van der Waals surface area contributed by atoms with Crippen molar-refractivity contribution in [3.05, 3.63) is 60.2 Å². The predicted molar refractivity (Wildman–Crippen MR) is 114 cm³/mol. The van der Waals surface area contributed by atoms with Crippen molar-refractivity contribution in [3.8, 4) is 5.75 Å². The van der Waals surface area contributed by atoms with Crippen molar-refractivity contribution in [2.45, 2.75) is 43.7 Å². The third-order valence-corrected chi connectivity index (χ3v) is 6.53. The molecule has 154 valence electrons. The fourth-order valence-corrected chi connectivity index (χ4v) is 5.15. The number of amides is 1. The second-order valence-corrected chi connectivity index (χ2v) is 8.28. The van der Waals surface area contributed by atoms with E-state index in [-0.39, 0.29) is 17.9 Å². The molecule has 0 spiro atoms.